The molecule has 0 saturated heterocycles. The van der Waals surface area contributed by atoms with Gasteiger partial charge in [0, 0.05) is 20.3 Å². The summed E-state index contributed by atoms with van der Waals surface area (Å²) in [7, 11) is -11.6. The molecule has 0 aliphatic heterocycles. The van der Waals surface area contributed by atoms with Gasteiger partial charge in [-0.1, -0.05) is 0 Å². The number of sulfone groups is 2. The van der Waals surface area contributed by atoms with Crippen LogP contribution in [0.25, 0.3) is 0 Å². The maximum absolute atomic E-state index is 12.2. The highest BCUT2D eigenvalue weighted by molar-refractivity contribution is 8.15. The predicted octanol–water partition coefficient (Wildman–Crippen LogP) is 1.22. The Morgan fingerprint density at radius 2 is 1.11 bits per heavy atom. The Labute approximate surface area is 104 Å². The van der Waals surface area contributed by atoms with Gasteiger partial charge in [0.25, 0.3) is 19.7 Å². The van der Waals surface area contributed by atoms with Crippen molar-refractivity contribution in [2.75, 3.05) is 14.1 Å². The third-order valence-corrected chi connectivity index (χ3v) is 5.31. The first-order valence-corrected chi connectivity index (χ1v) is 7.02. The molecule has 0 fully saturated rings. The van der Waals surface area contributed by atoms with Crippen LogP contribution in [0.3, 0.4) is 0 Å². The van der Waals surface area contributed by atoms with Crippen LogP contribution in [0.15, 0.2) is 10.4 Å². The topological polar surface area (TPSA) is 71.5 Å². The zero-order chi connectivity index (χ0) is 15.9. The maximum Gasteiger partial charge on any atom is 0.502 e. The first-order valence-electron chi connectivity index (χ1n) is 4.06. The molecule has 0 rings (SSSR count). The van der Waals surface area contributed by atoms with E-state index in [0.29, 0.717) is 4.90 Å². The molecule has 19 heavy (non-hydrogen) atoms. The fourth-order valence-corrected chi connectivity index (χ4v) is 3.60. The second-order valence-electron chi connectivity index (χ2n) is 3.31. The predicted molar refractivity (Wildman–Crippen MR) is 51.7 cm³/mol. The van der Waals surface area contributed by atoms with Gasteiger partial charge in [-0.25, -0.2) is 16.8 Å². The maximum atomic E-state index is 12.2. The summed E-state index contributed by atoms with van der Waals surface area (Å²) in [6.45, 7) is 0. The first kappa shape index (κ1) is 18.0. The van der Waals surface area contributed by atoms with Crippen molar-refractivity contribution in [2.45, 2.75) is 11.0 Å². The molecule has 0 unspecified atom stereocenters. The number of hydrogen-bond acceptors (Lipinski definition) is 5. The SMILES string of the molecule is CN(C)C=C(S(=O)(=O)C(F)(F)F)S(=O)(=O)C(F)(F)F. The lowest BCUT2D eigenvalue weighted by Crippen LogP contribution is -2.35. The summed E-state index contributed by atoms with van der Waals surface area (Å²) in [4.78, 5) is 0.432. The monoisotopic (exact) mass is 335 g/mol. The van der Waals surface area contributed by atoms with Gasteiger partial charge < -0.3 is 4.90 Å². The van der Waals surface area contributed by atoms with E-state index in [1.54, 1.807) is 0 Å². The molecular formula is C6H7F6NO4S2. The van der Waals surface area contributed by atoms with Gasteiger partial charge in [0.2, 0.25) is 0 Å². The van der Waals surface area contributed by atoms with E-state index >= 15 is 0 Å². The molecule has 0 aliphatic rings. The van der Waals surface area contributed by atoms with E-state index in [-0.39, 0.29) is 6.20 Å². The molecular weight excluding hydrogens is 328 g/mol. The molecule has 114 valence electrons. The Hall–Kier alpha value is -0.980. The molecule has 0 radical (unpaired) electrons. The molecule has 0 amide bonds. The van der Waals surface area contributed by atoms with Gasteiger partial charge in [0.15, 0.2) is 4.24 Å². The Balaban J connectivity index is 6.40. The molecule has 0 atom stereocenters. The Bertz CT molecular complexity index is 522. The van der Waals surface area contributed by atoms with Crippen molar-refractivity contribution in [3.8, 4) is 0 Å². The summed E-state index contributed by atoms with van der Waals surface area (Å²) in [5, 5.41) is 0. The lowest BCUT2D eigenvalue weighted by atomic mass is 10.8. The summed E-state index contributed by atoms with van der Waals surface area (Å²) in [5.74, 6) is 0. The molecule has 13 heteroatoms. The van der Waals surface area contributed by atoms with Gasteiger partial charge in [-0.2, -0.15) is 26.3 Å². The first-order chi connectivity index (χ1) is 8.05. The second-order valence-corrected chi connectivity index (χ2v) is 7.39. The summed E-state index contributed by atoms with van der Waals surface area (Å²) >= 11 is 0. The molecule has 0 saturated carbocycles. The van der Waals surface area contributed by atoms with E-state index in [4.69, 9.17) is 0 Å². The normalized spacial score (nSPS) is 14.1. The highest BCUT2D eigenvalue weighted by Gasteiger charge is 2.59. The van der Waals surface area contributed by atoms with Crippen LogP contribution >= 0.6 is 0 Å². The van der Waals surface area contributed by atoms with E-state index in [9.17, 15) is 43.2 Å². The average molecular weight is 335 g/mol. The van der Waals surface area contributed by atoms with E-state index < -0.39 is 34.9 Å². The van der Waals surface area contributed by atoms with Gasteiger partial charge in [-0.15, -0.1) is 0 Å². The van der Waals surface area contributed by atoms with Crippen LogP contribution < -0.4 is 0 Å². The highest BCUT2D eigenvalue weighted by Crippen LogP contribution is 2.38. The van der Waals surface area contributed by atoms with E-state index in [1.165, 1.54) is 0 Å². The van der Waals surface area contributed by atoms with Crippen molar-refractivity contribution in [1.29, 1.82) is 0 Å². The van der Waals surface area contributed by atoms with Gasteiger partial charge in [-0.3, -0.25) is 0 Å². The Kier molecular flexibility index (Phi) is 4.60. The zero-order valence-corrected chi connectivity index (χ0v) is 10.9. The van der Waals surface area contributed by atoms with Crippen LogP contribution in [0, 0.1) is 0 Å². The number of halogens is 6. The molecule has 0 aromatic carbocycles. The van der Waals surface area contributed by atoms with Crippen LogP contribution in [0.4, 0.5) is 26.3 Å². The lowest BCUT2D eigenvalue weighted by Gasteiger charge is -2.16. The standard InChI is InChI=1S/C6H7F6NO4S2/c1-13(2)3-4(18(14,15)5(7,8)9)19(16,17)6(10,11)12/h3H,1-2H3. The van der Waals surface area contributed by atoms with Crippen LogP contribution in [0.1, 0.15) is 0 Å². The van der Waals surface area contributed by atoms with Crippen LogP contribution in [-0.4, -0.2) is 46.8 Å². The van der Waals surface area contributed by atoms with Gasteiger partial charge >= 0.3 is 11.0 Å². The quantitative estimate of drug-likeness (QED) is 0.725. The molecule has 0 aromatic heterocycles. The van der Waals surface area contributed by atoms with Gasteiger partial charge in [0.1, 0.15) is 0 Å². The highest BCUT2D eigenvalue weighted by atomic mass is 32.3. The van der Waals surface area contributed by atoms with Crippen LogP contribution in [0.2, 0.25) is 0 Å². The largest absolute Gasteiger partial charge is 0.502 e. The average Bonchev–Trinajstić information content (AvgIpc) is 2.09. The van der Waals surface area contributed by atoms with Gasteiger partial charge in [0.05, 0.1) is 0 Å². The minimum atomic E-state index is -6.66. The Morgan fingerprint density at radius 1 is 0.842 bits per heavy atom. The Morgan fingerprint density at radius 3 is 1.26 bits per heavy atom. The molecule has 0 aliphatic carbocycles. The van der Waals surface area contributed by atoms with E-state index in [1.807, 2.05) is 0 Å². The summed E-state index contributed by atoms with van der Waals surface area (Å²) in [6.07, 6.45) is -0.272. The number of hydrogen-bond donors (Lipinski definition) is 0. The second kappa shape index (κ2) is 4.85. The van der Waals surface area contributed by atoms with Crippen molar-refractivity contribution >= 4 is 19.7 Å². The molecule has 0 bridgehead atoms. The van der Waals surface area contributed by atoms with Crippen molar-refractivity contribution in [1.82, 2.24) is 4.90 Å². The van der Waals surface area contributed by atoms with Crippen LogP contribution in [-0.2, 0) is 19.7 Å². The van der Waals surface area contributed by atoms with E-state index in [2.05, 4.69) is 0 Å². The zero-order valence-electron chi connectivity index (χ0n) is 9.24. The summed E-state index contributed by atoms with van der Waals surface area (Å²) in [5.41, 5.74) is -12.3. The molecule has 0 N–H and O–H groups in total. The smallest absolute Gasteiger partial charge is 0.382 e. The molecule has 0 aromatic rings. The molecule has 0 heterocycles. The van der Waals surface area contributed by atoms with Crippen LogP contribution in [0.5, 0.6) is 0 Å². The van der Waals surface area contributed by atoms with Crippen molar-refractivity contribution < 1.29 is 43.2 Å². The summed E-state index contributed by atoms with van der Waals surface area (Å²) in [6, 6.07) is 0. The lowest BCUT2D eigenvalue weighted by molar-refractivity contribution is -0.0444. The minimum Gasteiger partial charge on any atom is -0.382 e. The third-order valence-electron chi connectivity index (χ3n) is 1.50. The minimum absolute atomic E-state index is 0.272. The fourth-order valence-electron chi connectivity index (χ4n) is 0.722. The number of nitrogens with zero attached hydrogens (tertiary/aromatic N) is 1. The van der Waals surface area contributed by atoms with E-state index in [0.717, 1.165) is 14.1 Å². The molecule has 5 nitrogen and oxygen atoms in total. The molecule has 0 spiro atoms. The van der Waals surface area contributed by atoms with Gasteiger partial charge in [-0.05, 0) is 0 Å². The van der Waals surface area contributed by atoms with Crippen molar-refractivity contribution in [3.05, 3.63) is 10.4 Å². The third kappa shape index (κ3) is 3.52. The number of alkyl halides is 6. The van der Waals surface area contributed by atoms with Crippen molar-refractivity contribution in [2.24, 2.45) is 0 Å². The fraction of sp³-hybridized carbons (Fsp3) is 0.667. The van der Waals surface area contributed by atoms with Crippen molar-refractivity contribution in [3.63, 3.8) is 0 Å². The number of rotatable bonds is 3. The summed E-state index contributed by atoms with van der Waals surface area (Å²) < 4.78 is 114.